The summed E-state index contributed by atoms with van der Waals surface area (Å²) in [6.07, 6.45) is 0.494. The highest BCUT2D eigenvalue weighted by Gasteiger charge is 2.08. The van der Waals surface area contributed by atoms with Gasteiger partial charge in [0.05, 0.1) is 0 Å². The molecule has 0 aliphatic heterocycles. The molecule has 0 saturated carbocycles. The van der Waals surface area contributed by atoms with Crippen molar-refractivity contribution < 1.29 is 9.53 Å². The van der Waals surface area contributed by atoms with Crippen molar-refractivity contribution in [3.63, 3.8) is 0 Å². The van der Waals surface area contributed by atoms with E-state index in [1.807, 2.05) is 30.3 Å². The van der Waals surface area contributed by atoms with Crippen molar-refractivity contribution in [1.29, 1.82) is 0 Å². The molecule has 2 aromatic rings. The smallest absolute Gasteiger partial charge is 0.422 e. The number of nitrogen functional groups attached to an aromatic ring is 1. The number of nitrogens with two attached hydrogens (primary N) is 1. The second kappa shape index (κ2) is 6.76. The monoisotopic (exact) mass is 291 g/mol. The number of anilines is 1. The molecule has 104 valence electrons. The molecule has 6 nitrogen and oxygen atoms in total. The number of rotatable bonds is 4. The first-order chi connectivity index (χ1) is 9.66. The Kier molecular flexibility index (Phi) is 4.78. The fourth-order valence-corrected chi connectivity index (χ4v) is 2.18. The first kappa shape index (κ1) is 14.1. The first-order valence-corrected chi connectivity index (χ1v) is 6.85. The van der Waals surface area contributed by atoms with E-state index in [1.165, 1.54) is 12.3 Å². The molecule has 0 unspecified atom stereocenters. The van der Waals surface area contributed by atoms with Gasteiger partial charge in [0.15, 0.2) is 0 Å². The van der Waals surface area contributed by atoms with Crippen LogP contribution in [0.15, 0.2) is 52.3 Å². The summed E-state index contributed by atoms with van der Waals surface area (Å²) in [6, 6.07) is 11.1. The molecule has 0 atom stereocenters. The van der Waals surface area contributed by atoms with E-state index in [4.69, 9.17) is 10.5 Å². The predicted octanol–water partition coefficient (Wildman–Crippen LogP) is 1.60. The minimum absolute atomic E-state index is 0.0682. The lowest BCUT2D eigenvalue weighted by Crippen LogP contribution is -2.30. The zero-order valence-electron chi connectivity index (χ0n) is 10.6. The molecule has 0 aliphatic rings. The topological polar surface area (TPSA) is 87.2 Å². The van der Waals surface area contributed by atoms with Gasteiger partial charge in [0.2, 0.25) is 0 Å². The van der Waals surface area contributed by atoms with Crippen LogP contribution in [0.3, 0.4) is 0 Å². The van der Waals surface area contributed by atoms with Crippen LogP contribution >= 0.6 is 11.8 Å². The molecule has 0 aliphatic carbocycles. The fraction of sp³-hybridized carbons (Fsp3) is 0.154. The zero-order chi connectivity index (χ0) is 14.4. The average Bonchev–Trinajstić information content (AvgIpc) is 2.44. The van der Waals surface area contributed by atoms with Crippen molar-refractivity contribution >= 4 is 23.7 Å². The van der Waals surface area contributed by atoms with Crippen LogP contribution in [0.1, 0.15) is 0 Å². The highest BCUT2D eigenvalue weighted by atomic mass is 32.2. The van der Waals surface area contributed by atoms with Gasteiger partial charge in [-0.25, -0.2) is 14.2 Å². The summed E-state index contributed by atoms with van der Waals surface area (Å²) in [4.78, 5) is 27.6. The third-order valence-corrected chi connectivity index (χ3v) is 3.32. The fourth-order valence-electron chi connectivity index (χ4n) is 1.43. The molecular formula is C13H13N3O3S. The van der Waals surface area contributed by atoms with Crippen LogP contribution < -0.4 is 11.4 Å². The molecule has 0 saturated heterocycles. The molecule has 1 aromatic carbocycles. The minimum atomic E-state index is -0.754. The molecule has 20 heavy (non-hydrogen) atoms. The Bertz CT molecular complexity index is 643. The molecule has 1 aromatic heterocycles. The van der Waals surface area contributed by atoms with Crippen molar-refractivity contribution in [3.05, 3.63) is 53.1 Å². The molecule has 0 spiro atoms. The summed E-state index contributed by atoms with van der Waals surface area (Å²) in [7, 11) is 0. The second-order valence-corrected chi connectivity index (χ2v) is 4.95. The van der Waals surface area contributed by atoms with E-state index >= 15 is 0 Å². The van der Waals surface area contributed by atoms with Crippen LogP contribution in [0, 0.1) is 0 Å². The Balaban J connectivity index is 1.82. The minimum Gasteiger partial charge on any atom is -0.448 e. The average molecular weight is 291 g/mol. The molecule has 0 amide bonds. The Hall–Kier alpha value is -2.28. The first-order valence-electron chi connectivity index (χ1n) is 5.87. The molecule has 2 rings (SSSR count). The van der Waals surface area contributed by atoms with Gasteiger partial charge in [0, 0.05) is 16.8 Å². The number of aromatic nitrogens is 2. The molecule has 1 heterocycles. The number of benzene rings is 1. The van der Waals surface area contributed by atoms with Gasteiger partial charge in [-0.15, -0.1) is 11.8 Å². The van der Waals surface area contributed by atoms with Crippen molar-refractivity contribution in [2.24, 2.45) is 0 Å². The SMILES string of the molecule is Nc1ccn(C(=O)OCCSc2ccccc2)c(=O)n1. The number of ether oxygens (including phenoxy) is 1. The van der Waals surface area contributed by atoms with E-state index in [9.17, 15) is 9.59 Å². The summed E-state index contributed by atoms with van der Waals surface area (Å²) >= 11 is 1.56. The lowest BCUT2D eigenvalue weighted by atomic mass is 10.4. The normalized spacial score (nSPS) is 10.2. The zero-order valence-corrected chi connectivity index (χ0v) is 11.4. The number of hydrogen-bond acceptors (Lipinski definition) is 6. The molecule has 2 N–H and O–H groups in total. The van der Waals surface area contributed by atoms with Crippen LogP contribution in [0.5, 0.6) is 0 Å². The number of nitrogens with zero attached hydrogens (tertiary/aromatic N) is 2. The second-order valence-electron chi connectivity index (χ2n) is 3.78. The van der Waals surface area contributed by atoms with E-state index in [1.54, 1.807) is 11.8 Å². The standard InChI is InChI=1S/C13H13N3O3S/c14-11-6-7-16(12(17)15-11)13(18)19-8-9-20-10-4-2-1-3-5-10/h1-7H,8-9H2,(H2,14,15,17). The number of thioether (sulfide) groups is 1. The highest BCUT2D eigenvalue weighted by molar-refractivity contribution is 7.99. The Morgan fingerprint density at radius 2 is 2.05 bits per heavy atom. The van der Waals surface area contributed by atoms with Crippen molar-refractivity contribution in [1.82, 2.24) is 9.55 Å². The third-order valence-electron chi connectivity index (χ3n) is 2.34. The third kappa shape index (κ3) is 3.86. The van der Waals surface area contributed by atoms with Crippen molar-refractivity contribution in [2.75, 3.05) is 18.1 Å². The van der Waals surface area contributed by atoms with E-state index in [0.717, 1.165) is 9.46 Å². The van der Waals surface area contributed by atoms with Gasteiger partial charge in [-0.2, -0.15) is 4.98 Å². The summed E-state index contributed by atoms with van der Waals surface area (Å²) < 4.78 is 5.77. The maximum atomic E-state index is 11.6. The van der Waals surface area contributed by atoms with E-state index in [-0.39, 0.29) is 12.4 Å². The van der Waals surface area contributed by atoms with Gasteiger partial charge in [-0.1, -0.05) is 18.2 Å². The number of hydrogen-bond donors (Lipinski definition) is 1. The van der Waals surface area contributed by atoms with Crippen molar-refractivity contribution in [2.45, 2.75) is 4.90 Å². The quantitative estimate of drug-likeness (QED) is 0.680. The Labute approximate surface area is 119 Å². The van der Waals surface area contributed by atoms with Gasteiger partial charge in [-0.05, 0) is 18.2 Å². The van der Waals surface area contributed by atoms with E-state index in [0.29, 0.717) is 5.75 Å². The summed E-state index contributed by atoms with van der Waals surface area (Å²) in [5, 5.41) is 0. The summed E-state index contributed by atoms with van der Waals surface area (Å²) in [5.74, 6) is 0.672. The Morgan fingerprint density at radius 1 is 1.30 bits per heavy atom. The van der Waals surface area contributed by atoms with Gasteiger partial charge in [0.25, 0.3) is 0 Å². The van der Waals surface area contributed by atoms with Crippen LogP contribution in [0.25, 0.3) is 0 Å². The van der Waals surface area contributed by atoms with Crippen LogP contribution in [0.2, 0.25) is 0 Å². The van der Waals surface area contributed by atoms with Crippen LogP contribution in [-0.4, -0.2) is 28.0 Å². The summed E-state index contributed by atoms with van der Waals surface area (Å²) in [6.45, 7) is 0.204. The van der Waals surface area contributed by atoms with Crippen LogP contribution in [0.4, 0.5) is 10.6 Å². The molecule has 0 bridgehead atoms. The number of carbonyl (C=O) groups excluding carboxylic acids is 1. The van der Waals surface area contributed by atoms with Gasteiger partial charge in [0.1, 0.15) is 12.4 Å². The van der Waals surface area contributed by atoms with Gasteiger partial charge in [-0.3, -0.25) is 0 Å². The van der Waals surface area contributed by atoms with E-state index in [2.05, 4.69) is 4.98 Å². The van der Waals surface area contributed by atoms with Gasteiger partial charge < -0.3 is 10.5 Å². The van der Waals surface area contributed by atoms with Gasteiger partial charge >= 0.3 is 11.8 Å². The molecule has 7 heteroatoms. The lowest BCUT2D eigenvalue weighted by Gasteiger charge is -2.06. The van der Waals surface area contributed by atoms with Crippen molar-refractivity contribution in [3.8, 4) is 0 Å². The largest absolute Gasteiger partial charge is 0.448 e. The molecule has 0 radical (unpaired) electrons. The lowest BCUT2D eigenvalue weighted by molar-refractivity contribution is 0.153. The predicted molar refractivity (Wildman–Crippen MR) is 76.8 cm³/mol. The summed E-state index contributed by atoms with van der Waals surface area (Å²) in [5.41, 5.74) is 4.59. The molecule has 0 fully saturated rings. The number of carbonyl (C=O) groups is 1. The Morgan fingerprint density at radius 3 is 2.75 bits per heavy atom. The maximum absolute atomic E-state index is 11.6. The maximum Gasteiger partial charge on any atom is 0.422 e. The highest BCUT2D eigenvalue weighted by Crippen LogP contribution is 2.16. The van der Waals surface area contributed by atoms with E-state index < -0.39 is 11.8 Å². The van der Waals surface area contributed by atoms with Crippen LogP contribution in [-0.2, 0) is 4.74 Å². The molecular weight excluding hydrogens is 278 g/mol.